The predicted molar refractivity (Wildman–Crippen MR) is 203 cm³/mol. The third kappa shape index (κ3) is 12.2. The number of rotatable bonds is 10. The van der Waals surface area contributed by atoms with Crippen LogP contribution >= 0.6 is 0 Å². The van der Waals surface area contributed by atoms with Crippen LogP contribution in [0, 0.1) is 30.3 Å². The molecule has 31 heteroatoms. The van der Waals surface area contributed by atoms with Gasteiger partial charge in [0.25, 0.3) is 17.9 Å². The Labute approximate surface area is 357 Å². The molecular formula is C34H33N4O27+. The summed E-state index contributed by atoms with van der Waals surface area (Å²) in [6.45, 7) is -1.17. The number of nitro benzene ring substituents is 3. The lowest BCUT2D eigenvalue weighted by Crippen LogP contribution is -2.61. The molecule has 0 radical (unpaired) electrons. The van der Waals surface area contributed by atoms with E-state index in [1.54, 1.807) is 0 Å². The van der Waals surface area contributed by atoms with Gasteiger partial charge >= 0.3 is 29.3 Å². The monoisotopic (exact) mass is 929 g/mol. The molecule has 1 aliphatic rings. The SMILES string of the molecule is O=C(OC[C@H]1O[C@H](OC(=O)c2cc(O)c(O)c(O)c2)[C@H](O)[C@@H](OC(=O)c2cc(O)c(O)c(O)c2)[C@@H]1O)c1cc(O)c(O)c(O)c1.O=CO.O=[N+]([O-])c1cc([N+](=O)[O-])c(O)c([N+](=O)[O-])c1.[NH4+]. The number of hydrogen-bond donors (Lipinski definition) is 14. The smallest absolute Gasteiger partial charge is 0.340 e. The number of benzene rings is 4. The van der Waals surface area contributed by atoms with E-state index in [1.165, 1.54) is 0 Å². The van der Waals surface area contributed by atoms with Crippen LogP contribution in [0.1, 0.15) is 31.1 Å². The fourth-order valence-corrected chi connectivity index (χ4v) is 5.02. The first kappa shape index (κ1) is 51.9. The Morgan fingerprint density at radius 3 is 1.25 bits per heavy atom. The number of nitrogens with zero attached hydrogens (tertiary/aromatic N) is 3. The fourth-order valence-electron chi connectivity index (χ4n) is 5.02. The number of aliphatic hydroxyl groups excluding tert-OH is 2. The normalized spacial score (nSPS) is 17.2. The largest absolute Gasteiger partial charge is 0.504 e. The Balaban J connectivity index is 0.000000607. The van der Waals surface area contributed by atoms with E-state index in [0.29, 0.717) is 36.4 Å². The number of esters is 3. The zero-order valence-corrected chi connectivity index (χ0v) is 32.2. The van der Waals surface area contributed by atoms with E-state index in [1.807, 2.05) is 0 Å². The second kappa shape index (κ2) is 21.5. The molecule has 350 valence electrons. The summed E-state index contributed by atoms with van der Waals surface area (Å²) in [5.41, 5.74) is -4.62. The maximum Gasteiger partial charge on any atom is 0.340 e. The standard InChI is InChI=1S/C27H24O18.C6H3N3O7.CH2O2.H3N/c28-11-1-8(2-12(29)18(11)34)24(39)42-7-17-21(37)23(44-25(40)9-3-13(30)19(35)14(31)4-9)22(38)27(43-17)45-26(41)10-5-15(32)20(36)16(33)6-10;10-6-4(8(13)14)1-3(7(11)12)2-5(6)9(15)16;2-1-3;/h1-6,17,21-23,27-38H,7H2;1-2,10H;1H,(H,2,3);1H3/p+1/t17-,21-,22-,23+,27-;;;/m1.../s1. The van der Waals surface area contributed by atoms with Crippen molar-refractivity contribution in [1.82, 2.24) is 6.15 Å². The quantitative estimate of drug-likeness (QED) is 0.0262. The number of hydrogen-bond acceptors (Lipinski definition) is 26. The minimum Gasteiger partial charge on any atom is -0.504 e. The number of nitro groups is 3. The van der Waals surface area contributed by atoms with E-state index in [2.05, 4.69) is 0 Å². The molecule has 5 atom stereocenters. The third-order valence-electron chi connectivity index (χ3n) is 8.06. The first-order valence-corrected chi connectivity index (χ1v) is 16.6. The number of ether oxygens (including phenoxy) is 4. The number of quaternary nitrogens is 1. The number of aliphatic hydroxyl groups is 2. The number of phenols is 10. The topological polar surface area (TPSA) is 534 Å². The van der Waals surface area contributed by atoms with Crippen molar-refractivity contribution in [3.63, 3.8) is 0 Å². The van der Waals surface area contributed by atoms with Crippen LogP contribution < -0.4 is 6.15 Å². The minimum atomic E-state index is -2.19. The van der Waals surface area contributed by atoms with Gasteiger partial charge in [0.15, 0.2) is 64.0 Å². The van der Waals surface area contributed by atoms with Crippen LogP contribution in [0.4, 0.5) is 17.1 Å². The second-order valence-corrected chi connectivity index (χ2v) is 12.2. The van der Waals surface area contributed by atoms with Crippen LogP contribution in [0.3, 0.4) is 0 Å². The Bertz CT molecular complexity index is 2390. The average Bonchev–Trinajstić information content (AvgIpc) is 3.22. The number of carbonyl (C=O) groups is 4. The molecule has 0 bridgehead atoms. The molecule has 0 unspecified atom stereocenters. The summed E-state index contributed by atoms with van der Waals surface area (Å²) in [5, 5.41) is 155. The first-order valence-electron chi connectivity index (χ1n) is 16.6. The zero-order valence-electron chi connectivity index (χ0n) is 32.2. The summed E-state index contributed by atoms with van der Waals surface area (Å²) < 4.78 is 20.6. The van der Waals surface area contributed by atoms with Gasteiger partial charge < -0.3 is 91.5 Å². The number of phenolic OH excluding ortho intramolecular Hbond substituents is 10. The summed E-state index contributed by atoms with van der Waals surface area (Å²) in [7, 11) is 0. The van der Waals surface area contributed by atoms with Crippen LogP contribution in [0.25, 0.3) is 0 Å². The van der Waals surface area contributed by atoms with Gasteiger partial charge in [0.2, 0.25) is 6.29 Å². The maximum atomic E-state index is 12.8. The minimum absolute atomic E-state index is 0. The van der Waals surface area contributed by atoms with Gasteiger partial charge in [0.05, 0.1) is 43.6 Å². The van der Waals surface area contributed by atoms with Crippen molar-refractivity contribution in [2.45, 2.75) is 30.7 Å². The molecule has 1 heterocycles. The summed E-state index contributed by atoms with van der Waals surface area (Å²) in [6, 6.07) is 5.09. The van der Waals surface area contributed by atoms with Gasteiger partial charge in [-0.15, -0.1) is 0 Å². The molecule has 0 aromatic heterocycles. The number of carboxylic acid groups (broad SMARTS) is 1. The summed E-state index contributed by atoms with van der Waals surface area (Å²) >= 11 is 0. The lowest BCUT2D eigenvalue weighted by atomic mass is 9.98. The molecule has 4 aromatic carbocycles. The van der Waals surface area contributed by atoms with Gasteiger partial charge in [0.1, 0.15) is 18.8 Å². The first-order chi connectivity index (χ1) is 29.8. The van der Waals surface area contributed by atoms with Crippen molar-refractivity contribution < 1.29 is 119 Å². The van der Waals surface area contributed by atoms with E-state index in [9.17, 15) is 101 Å². The zero-order chi connectivity index (χ0) is 48.5. The lowest BCUT2D eigenvalue weighted by molar-refractivity contribution is -0.404. The van der Waals surface area contributed by atoms with Crippen molar-refractivity contribution in [1.29, 1.82) is 0 Å². The highest BCUT2D eigenvalue weighted by Gasteiger charge is 2.49. The molecule has 65 heavy (non-hydrogen) atoms. The molecule has 0 aliphatic carbocycles. The van der Waals surface area contributed by atoms with Gasteiger partial charge in [-0.25, -0.2) is 14.4 Å². The van der Waals surface area contributed by atoms with Crippen molar-refractivity contribution in [3.05, 3.63) is 95.6 Å². The van der Waals surface area contributed by atoms with Crippen molar-refractivity contribution in [2.24, 2.45) is 0 Å². The van der Waals surface area contributed by atoms with E-state index < -0.39 is 161 Å². The van der Waals surface area contributed by atoms with Crippen LogP contribution in [0.15, 0.2) is 48.5 Å². The van der Waals surface area contributed by atoms with E-state index in [-0.39, 0.29) is 12.6 Å². The number of aromatic hydroxyl groups is 10. The molecule has 4 aromatic rings. The summed E-state index contributed by atoms with van der Waals surface area (Å²) in [5.74, 6) is -13.5. The fraction of sp³-hybridized carbons (Fsp3) is 0.176. The van der Waals surface area contributed by atoms with Crippen LogP contribution in [-0.4, -0.2) is 143 Å². The third-order valence-corrected chi connectivity index (χ3v) is 8.06. The highest BCUT2D eigenvalue weighted by atomic mass is 16.7. The molecule has 5 rings (SSSR count). The molecule has 0 amide bonds. The molecule has 0 saturated carbocycles. The highest BCUT2D eigenvalue weighted by Crippen LogP contribution is 2.40. The lowest BCUT2D eigenvalue weighted by Gasteiger charge is -2.41. The number of non-ortho nitro benzene ring substituents is 1. The summed E-state index contributed by atoms with van der Waals surface area (Å²) in [4.78, 5) is 74.2. The second-order valence-electron chi connectivity index (χ2n) is 12.2. The Hall–Kier alpha value is -9.20. The van der Waals surface area contributed by atoms with Crippen molar-refractivity contribution in [2.75, 3.05) is 6.61 Å². The Morgan fingerprint density at radius 1 is 0.569 bits per heavy atom. The molecule has 0 spiro atoms. The maximum absolute atomic E-state index is 12.8. The van der Waals surface area contributed by atoms with E-state index in [0.717, 1.165) is 12.1 Å². The molecule has 1 saturated heterocycles. The van der Waals surface area contributed by atoms with Gasteiger partial charge in [-0.1, -0.05) is 0 Å². The highest BCUT2D eigenvalue weighted by molar-refractivity contribution is 5.92. The molecule has 31 nitrogen and oxygen atoms in total. The van der Waals surface area contributed by atoms with E-state index >= 15 is 0 Å². The average molecular weight is 930 g/mol. The van der Waals surface area contributed by atoms with Crippen LogP contribution in [-0.2, 0) is 23.7 Å². The van der Waals surface area contributed by atoms with Crippen molar-refractivity contribution in [3.8, 4) is 57.5 Å². The molecule has 1 aliphatic heterocycles. The molecular weight excluding hydrogens is 896 g/mol. The Kier molecular flexibility index (Phi) is 17.2. The van der Waals surface area contributed by atoms with Gasteiger partial charge in [0, 0.05) is 0 Å². The molecule has 1 fully saturated rings. The molecule has 17 N–H and O–H groups in total. The van der Waals surface area contributed by atoms with Crippen LogP contribution in [0.5, 0.6) is 57.5 Å². The van der Waals surface area contributed by atoms with Gasteiger partial charge in [-0.2, -0.15) is 0 Å². The van der Waals surface area contributed by atoms with Gasteiger partial charge in [-0.05, 0) is 36.4 Å². The van der Waals surface area contributed by atoms with Crippen LogP contribution in [0.2, 0.25) is 0 Å². The Morgan fingerprint density at radius 2 is 0.908 bits per heavy atom. The van der Waals surface area contributed by atoms with Gasteiger partial charge in [-0.3, -0.25) is 35.1 Å². The van der Waals surface area contributed by atoms with Crippen molar-refractivity contribution >= 4 is 41.4 Å². The summed E-state index contributed by atoms with van der Waals surface area (Å²) in [6.07, 6.45) is -10.2. The predicted octanol–water partition coefficient (Wildman–Crippen LogP) is 0.917. The van der Waals surface area contributed by atoms with E-state index in [4.69, 9.17) is 34.0 Å². The number of carbonyl (C=O) groups excluding carboxylic acids is 3.